The maximum Gasteiger partial charge on any atom is 0.414 e. The first-order chi connectivity index (χ1) is 17.3. The fraction of sp³-hybridized carbons (Fsp3) is 0.360. The number of carbonyl (C=O) groups is 2. The first-order valence-electron chi connectivity index (χ1n) is 11.4. The molecule has 36 heavy (non-hydrogen) atoms. The van der Waals surface area contributed by atoms with Crippen LogP contribution in [0.4, 0.5) is 26.2 Å². The minimum absolute atomic E-state index is 0.189. The second kappa shape index (κ2) is 10.8. The largest absolute Gasteiger partial charge is 0.443 e. The zero-order valence-electron chi connectivity index (χ0n) is 19.7. The van der Waals surface area contributed by atoms with Gasteiger partial charge < -0.3 is 19.7 Å². The van der Waals surface area contributed by atoms with E-state index >= 15 is 4.39 Å². The molecule has 0 radical (unpaired) electrons. The lowest BCUT2D eigenvalue weighted by Gasteiger charge is -2.39. The molecule has 0 aliphatic carbocycles. The normalized spacial score (nSPS) is 18.7. The van der Waals surface area contributed by atoms with Gasteiger partial charge in [-0.1, -0.05) is 12.1 Å². The fourth-order valence-electron chi connectivity index (χ4n) is 4.32. The Morgan fingerprint density at radius 2 is 2.00 bits per heavy atom. The lowest BCUT2D eigenvalue weighted by atomic mass is 9.88. The number of hydrogen-bond donors (Lipinski definition) is 2. The number of cyclic esters (lactones) is 1. The molecule has 1 atom stereocenters. The number of benzene rings is 2. The molecule has 0 saturated carbocycles. The van der Waals surface area contributed by atoms with E-state index in [9.17, 15) is 20.1 Å². The van der Waals surface area contributed by atoms with E-state index in [-0.39, 0.29) is 12.5 Å². The molecule has 2 fully saturated rings. The molecule has 2 amide bonds. The van der Waals surface area contributed by atoms with Crippen molar-refractivity contribution in [3.63, 3.8) is 0 Å². The molecule has 186 valence electrons. The highest BCUT2D eigenvalue weighted by molar-refractivity contribution is 7.97. The standard InChI is InChI=1S/C25H25FN6O3S/c1-17(33)30-36-15-20-14-32(24(34)35-20)19-6-7-23(21(26)12-19)31-10-8-25(16-28,9-11-31)29-22-5-3-2-4-18(22)13-27/h2-7,12,20,29H,8-11,14-15H2,1H3,(H,30,33). The van der Waals surface area contributed by atoms with E-state index in [1.165, 1.54) is 17.9 Å². The van der Waals surface area contributed by atoms with Crippen LogP contribution < -0.4 is 19.8 Å². The van der Waals surface area contributed by atoms with Crippen molar-refractivity contribution < 1.29 is 18.7 Å². The van der Waals surface area contributed by atoms with Crippen molar-refractivity contribution in [2.75, 3.05) is 40.5 Å². The van der Waals surface area contributed by atoms with Gasteiger partial charge in [0.1, 0.15) is 23.5 Å². The number of anilines is 3. The van der Waals surface area contributed by atoms with Crippen LogP contribution in [0.15, 0.2) is 42.5 Å². The predicted molar refractivity (Wildman–Crippen MR) is 135 cm³/mol. The van der Waals surface area contributed by atoms with Gasteiger partial charge in [0.2, 0.25) is 5.91 Å². The molecule has 2 aromatic carbocycles. The summed E-state index contributed by atoms with van der Waals surface area (Å²) in [5.41, 5.74) is 1.01. The molecule has 2 heterocycles. The number of ether oxygens (including phenoxy) is 1. The molecular formula is C25H25FN6O3S. The van der Waals surface area contributed by atoms with Gasteiger partial charge in [-0.15, -0.1) is 0 Å². The van der Waals surface area contributed by atoms with Crippen LogP contribution in [-0.4, -0.2) is 49.0 Å². The highest BCUT2D eigenvalue weighted by Crippen LogP contribution is 2.33. The summed E-state index contributed by atoms with van der Waals surface area (Å²) >= 11 is 1.16. The lowest BCUT2D eigenvalue weighted by molar-refractivity contribution is -0.117. The third-order valence-electron chi connectivity index (χ3n) is 6.20. The molecular weight excluding hydrogens is 483 g/mol. The minimum atomic E-state index is -0.858. The molecule has 11 heteroatoms. The Kier molecular flexibility index (Phi) is 7.51. The number of nitrogens with one attached hydrogen (secondary N) is 2. The Bertz CT molecular complexity index is 1240. The predicted octanol–water partition coefficient (Wildman–Crippen LogP) is 3.78. The Morgan fingerprint density at radius 3 is 2.67 bits per heavy atom. The summed E-state index contributed by atoms with van der Waals surface area (Å²) < 4.78 is 23.0. The van der Waals surface area contributed by atoms with Gasteiger partial charge in [0.25, 0.3) is 0 Å². The SMILES string of the molecule is CC(=O)NSCC1CN(c2ccc(N3CCC(C#N)(Nc4ccccc4C#N)CC3)c(F)c2)C(=O)O1. The van der Waals surface area contributed by atoms with Crippen LogP contribution >= 0.6 is 11.9 Å². The first-order valence-corrected chi connectivity index (χ1v) is 12.4. The third-order valence-corrected chi connectivity index (χ3v) is 7.17. The van der Waals surface area contributed by atoms with E-state index in [4.69, 9.17) is 4.74 Å². The molecule has 9 nitrogen and oxygen atoms in total. The Hall–Kier alpha value is -3.96. The number of para-hydroxylation sites is 1. The molecule has 1 unspecified atom stereocenters. The average Bonchev–Trinajstić information content (AvgIpc) is 3.25. The van der Waals surface area contributed by atoms with Crippen molar-refractivity contribution in [3.05, 3.63) is 53.8 Å². The van der Waals surface area contributed by atoms with Gasteiger partial charge >= 0.3 is 6.09 Å². The second-order valence-electron chi connectivity index (χ2n) is 8.68. The first kappa shape index (κ1) is 25.1. The van der Waals surface area contributed by atoms with Crippen LogP contribution in [0.5, 0.6) is 0 Å². The summed E-state index contributed by atoms with van der Waals surface area (Å²) in [5.74, 6) is -0.265. The summed E-state index contributed by atoms with van der Waals surface area (Å²) in [4.78, 5) is 26.5. The van der Waals surface area contributed by atoms with Crippen LogP contribution in [-0.2, 0) is 9.53 Å². The Labute approximate surface area is 212 Å². The molecule has 0 aromatic heterocycles. The van der Waals surface area contributed by atoms with Gasteiger partial charge in [0, 0.05) is 32.9 Å². The number of hydrogen-bond acceptors (Lipinski definition) is 8. The minimum Gasteiger partial charge on any atom is -0.443 e. The summed E-state index contributed by atoms with van der Waals surface area (Å²) in [7, 11) is 0. The Balaban J connectivity index is 1.40. The van der Waals surface area contributed by atoms with Crippen molar-refractivity contribution in [2.24, 2.45) is 0 Å². The van der Waals surface area contributed by atoms with E-state index in [0.717, 1.165) is 11.9 Å². The molecule has 2 aliphatic rings. The lowest BCUT2D eigenvalue weighted by Crippen LogP contribution is -2.48. The van der Waals surface area contributed by atoms with E-state index < -0.39 is 23.6 Å². The van der Waals surface area contributed by atoms with Gasteiger partial charge in [-0.3, -0.25) is 9.69 Å². The van der Waals surface area contributed by atoms with Crippen molar-refractivity contribution in [1.29, 1.82) is 10.5 Å². The van der Waals surface area contributed by atoms with Crippen LogP contribution in [0.1, 0.15) is 25.3 Å². The number of rotatable bonds is 7. The van der Waals surface area contributed by atoms with Gasteiger partial charge in [-0.2, -0.15) is 10.5 Å². The quantitative estimate of drug-likeness (QED) is 0.542. The van der Waals surface area contributed by atoms with Gasteiger partial charge in [0.15, 0.2) is 0 Å². The summed E-state index contributed by atoms with van der Waals surface area (Å²) in [6, 6.07) is 16.2. The van der Waals surface area contributed by atoms with Crippen molar-refractivity contribution >= 4 is 41.0 Å². The maximum atomic E-state index is 15.1. The number of halogens is 1. The zero-order valence-corrected chi connectivity index (χ0v) is 20.5. The smallest absolute Gasteiger partial charge is 0.414 e. The molecule has 4 rings (SSSR count). The maximum absolute atomic E-state index is 15.1. The summed E-state index contributed by atoms with van der Waals surface area (Å²) in [5, 5.41) is 22.5. The topological polar surface area (TPSA) is 121 Å². The molecule has 2 aromatic rings. The second-order valence-corrected chi connectivity index (χ2v) is 9.51. The molecule has 0 bridgehead atoms. The molecule has 2 aliphatic heterocycles. The number of carbonyl (C=O) groups excluding carboxylic acids is 2. The molecule has 0 spiro atoms. The van der Waals surface area contributed by atoms with E-state index in [1.54, 1.807) is 36.4 Å². The van der Waals surface area contributed by atoms with Gasteiger partial charge in [-0.25, -0.2) is 9.18 Å². The highest BCUT2D eigenvalue weighted by atomic mass is 32.2. The number of nitrogens with zero attached hydrogens (tertiary/aromatic N) is 4. The van der Waals surface area contributed by atoms with E-state index in [0.29, 0.717) is 54.3 Å². The highest BCUT2D eigenvalue weighted by Gasteiger charge is 2.37. The summed E-state index contributed by atoms with van der Waals surface area (Å²) in [6.45, 7) is 2.55. The molecule has 2 saturated heterocycles. The van der Waals surface area contributed by atoms with Crippen molar-refractivity contribution in [3.8, 4) is 12.1 Å². The monoisotopic (exact) mass is 508 g/mol. The van der Waals surface area contributed by atoms with Crippen molar-refractivity contribution in [1.82, 2.24) is 4.72 Å². The van der Waals surface area contributed by atoms with Crippen LogP contribution in [0.2, 0.25) is 0 Å². The van der Waals surface area contributed by atoms with Crippen LogP contribution in [0, 0.1) is 28.5 Å². The summed E-state index contributed by atoms with van der Waals surface area (Å²) in [6.07, 6.45) is -0.0966. The fourth-order valence-corrected chi connectivity index (χ4v) is 4.96. The van der Waals surface area contributed by atoms with Crippen LogP contribution in [0.3, 0.4) is 0 Å². The Morgan fingerprint density at radius 1 is 1.25 bits per heavy atom. The van der Waals surface area contributed by atoms with Gasteiger partial charge in [0.05, 0.1) is 41.0 Å². The molecule has 2 N–H and O–H groups in total. The van der Waals surface area contributed by atoms with Crippen LogP contribution in [0.25, 0.3) is 0 Å². The van der Waals surface area contributed by atoms with Crippen molar-refractivity contribution in [2.45, 2.75) is 31.4 Å². The number of nitriles is 2. The zero-order chi connectivity index (χ0) is 25.7. The number of piperidine rings is 1. The number of amides is 2. The van der Waals surface area contributed by atoms with Gasteiger partial charge in [-0.05, 0) is 42.3 Å². The third kappa shape index (κ3) is 5.47. The average molecular weight is 509 g/mol. The van der Waals surface area contributed by atoms with E-state index in [1.807, 2.05) is 4.90 Å². The van der Waals surface area contributed by atoms with E-state index in [2.05, 4.69) is 22.2 Å².